The molecule has 0 spiro atoms. The first-order valence-corrected chi connectivity index (χ1v) is 6.86. The lowest BCUT2D eigenvalue weighted by Crippen LogP contribution is -2.42. The van der Waals surface area contributed by atoms with Crippen molar-refractivity contribution in [2.24, 2.45) is 0 Å². The molecule has 0 radical (unpaired) electrons. The largest absolute Gasteiger partial charge is 0.506 e. The van der Waals surface area contributed by atoms with Crippen LogP contribution in [0.2, 0.25) is 0 Å². The Balaban J connectivity index is 2.47. The van der Waals surface area contributed by atoms with Crippen molar-refractivity contribution in [2.75, 3.05) is 11.9 Å². The van der Waals surface area contributed by atoms with Gasteiger partial charge in [0, 0.05) is 5.39 Å². The molecule has 2 aromatic rings. The van der Waals surface area contributed by atoms with Crippen LogP contribution in [0.25, 0.3) is 10.8 Å². The summed E-state index contributed by atoms with van der Waals surface area (Å²) in [5.74, 6) is -4.37. The lowest BCUT2D eigenvalue weighted by atomic mass is 10.1. The number of phenolic OH excluding ortho intramolecular Hbond substituents is 1. The van der Waals surface area contributed by atoms with Crippen molar-refractivity contribution < 1.29 is 29.3 Å². The Kier molecular flexibility index (Phi) is 4.80. The van der Waals surface area contributed by atoms with Crippen LogP contribution < -0.4 is 5.32 Å². The third-order valence-corrected chi connectivity index (χ3v) is 3.19. The third-order valence-electron chi connectivity index (χ3n) is 3.19. The number of ether oxygens (including phenoxy) is 1. The van der Waals surface area contributed by atoms with Gasteiger partial charge in [0.2, 0.25) is 0 Å². The van der Waals surface area contributed by atoms with Crippen molar-refractivity contribution in [1.29, 1.82) is 0 Å². The number of anilines is 1. The molecule has 0 saturated carbocycles. The quantitative estimate of drug-likeness (QED) is 0.320. The maximum Gasteiger partial charge on any atom is 0.375 e. The van der Waals surface area contributed by atoms with Gasteiger partial charge >= 0.3 is 11.9 Å². The molecule has 2 rings (SSSR count). The lowest BCUT2D eigenvalue weighted by molar-refractivity contribution is -0.155. The standard InChI is InChI=1S/C16H15NO6/c1-2-23-16(22)13(14(19)15(20)21)17-12-10-6-4-3-5-9(10)7-8-11(12)18/h3-8,13,17-18H,2H2,1H3,(H,20,21). The van der Waals surface area contributed by atoms with Crippen LogP contribution in [-0.2, 0) is 19.1 Å². The zero-order chi connectivity index (χ0) is 17.0. The van der Waals surface area contributed by atoms with Gasteiger partial charge in [0.05, 0.1) is 12.3 Å². The predicted molar refractivity (Wildman–Crippen MR) is 82.3 cm³/mol. The van der Waals surface area contributed by atoms with Crippen LogP contribution in [0.3, 0.4) is 0 Å². The minimum atomic E-state index is -1.77. The number of hydrogen-bond acceptors (Lipinski definition) is 6. The van der Waals surface area contributed by atoms with Crippen molar-refractivity contribution in [2.45, 2.75) is 13.0 Å². The molecule has 0 aliphatic rings. The molecule has 0 bridgehead atoms. The number of benzene rings is 2. The molecule has 7 heteroatoms. The summed E-state index contributed by atoms with van der Waals surface area (Å²) in [5.41, 5.74) is 0.0933. The molecular weight excluding hydrogens is 302 g/mol. The highest BCUT2D eigenvalue weighted by Gasteiger charge is 2.33. The summed E-state index contributed by atoms with van der Waals surface area (Å²) in [7, 11) is 0. The van der Waals surface area contributed by atoms with Crippen LogP contribution in [0.1, 0.15) is 6.92 Å². The van der Waals surface area contributed by atoms with E-state index in [-0.39, 0.29) is 18.0 Å². The van der Waals surface area contributed by atoms with Gasteiger partial charge in [-0.1, -0.05) is 30.3 Å². The van der Waals surface area contributed by atoms with Crippen LogP contribution in [0, 0.1) is 0 Å². The van der Waals surface area contributed by atoms with E-state index in [0.29, 0.717) is 5.39 Å². The highest BCUT2D eigenvalue weighted by Crippen LogP contribution is 2.32. The maximum atomic E-state index is 11.9. The highest BCUT2D eigenvalue weighted by atomic mass is 16.5. The summed E-state index contributed by atoms with van der Waals surface area (Å²) >= 11 is 0. The molecule has 0 heterocycles. The van der Waals surface area contributed by atoms with E-state index < -0.39 is 23.8 Å². The Morgan fingerprint density at radius 2 is 1.87 bits per heavy atom. The monoisotopic (exact) mass is 317 g/mol. The number of Topliss-reactive ketones (excluding diaryl/α,β-unsaturated/α-hetero) is 1. The number of aliphatic carboxylic acids is 1. The summed E-state index contributed by atoms with van der Waals surface area (Å²) in [6, 6.07) is 8.25. The second-order valence-corrected chi connectivity index (χ2v) is 4.68. The summed E-state index contributed by atoms with van der Waals surface area (Å²) in [4.78, 5) is 34.6. The van der Waals surface area contributed by atoms with Gasteiger partial charge in [-0.3, -0.25) is 4.79 Å². The third kappa shape index (κ3) is 3.39. The van der Waals surface area contributed by atoms with Crippen LogP contribution in [0.15, 0.2) is 36.4 Å². The molecule has 1 unspecified atom stereocenters. The van der Waals surface area contributed by atoms with Gasteiger partial charge in [0.25, 0.3) is 5.78 Å². The number of nitrogens with one attached hydrogen (secondary N) is 1. The van der Waals surface area contributed by atoms with Gasteiger partial charge in [-0.05, 0) is 18.4 Å². The fourth-order valence-corrected chi connectivity index (χ4v) is 2.14. The molecule has 7 nitrogen and oxygen atoms in total. The van der Waals surface area contributed by atoms with Gasteiger partial charge in [-0.15, -0.1) is 0 Å². The molecule has 0 amide bonds. The Bertz CT molecular complexity index is 770. The second kappa shape index (κ2) is 6.78. The number of fused-ring (bicyclic) bond motifs is 1. The maximum absolute atomic E-state index is 11.9. The number of carboxylic acids is 1. The van der Waals surface area contributed by atoms with E-state index in [0.717, 1.165) is 5.39 Å². The number of carboxylic acid groups (broad SMARTS) is 1. The number of aromatic hydroxyl groups is 1. The molecule has 3 N–H and O–H groups in total. The van der Waals surface area contributed by atoms with Gasteiger partial charge in [-0.25, -0.2) is 9.59 Å². The van der Waals surface area contributed by atoms with Crippen molar-refractivity contribution in [3.05, 3.63) is 36.4 Å². The van der Waals surface area contributed by atoms with E-state index in [1.54, 1.807) is 30.3 Å². The number of ketones is 1. The average molecular weight is 317 g/mol. The number of hydrogen-bond donors (Lipinski definition) is 3. The second-order valence-electron chi connectivity index (χ2n) is 4.68. The van der Waals surface area contributed by atoms with Crippen LogP contribution >= 0.6 is 0 Å². The fourth-order valence-electron chi connectivity index (χ4n) is 2.14. The van der Waals surface area contributed by atoms with Gasteiger partial charge in [0.15, 0.2) is 6.04 Å². The first-order valence-electron chi connectivity index (χ1n) is 6.86. The van der Waals surface area contributed by atoms with Gasteiger partial charge in [0.1, 0.15) is 5.75 Å². The SMILES string of the molecule is CCOC(=O)C(Nc1c(O)ccc2ccccc12)C(=O)C(=O)O. The van der Waals surface area contributed by atoms with Crippen LogP contribution in [0.4, 0.5) is 5.69 Å². The first kappa shape index (κ1) is 16.3. The smallest absolute Gasteiger partial charge is 0.375 e. The minimum Gasteiger partial charge on any atom is -0.506 e. The van der Waals surface area contributed by atoms with E-state index in [4.69, 9.17) is 9.84 Å². The van der Waals surface area contributed by atoms with E-state index in [9.17, 15) is 19.5 Å². The molecular formula is C16H15NO6. The fraction of sp³-hybridized carbons (Fsp3) is 0.188. The topological polar surface area (TPSA) is 113 Å². The van der Waals surface area contributed by atoms with Crippen molar-refractivity contribution in [3.63, 3.8) is 0 Å². The Morgan fingerprint density at radius 3 is 2.52 bits per heavy atom. The molecule has 0 aliphatic carbocycles. The summed E-state index contributed by atoms with van der Waals surface area (Å²) in [6.07, 6.45) is 0. The molecule has 2 aromatic carbocycles. The number of phenols is 1. The Labute approximate surface area is 131 Å². The Morgan fingerprint density at radius 1 is 1.17 bits per heavy atom. The highest BCUT2D eigenvalue weighted by molar-refractivity contribution is 6.39. The van der Waals surface area contributed by atoms with Gasteiger partial charge in [-0.2, -0.15) is 0 Å². The number of carbonyl (C=O) groups is 3. The number of rotatable bonds is 6. The minimum absolute atomic E-state index is 0.00850. The summed E-state index contributed by atoms with van der Waals surface area (Å²) < 4.78 is 4.73. The first-order chi connectivity index (χ1) is 11.0. The van der Waals surface area contributed by atoms with Crippen molar-refractivity contribution in [1.82, 2.24) is 0 Å². The zero-order valence-corrected chi connectivity index (χ0v) is 12.3. The molecule has 0 saturated heterocycles. The van der Waals surface area contributed by atoms with E-state index in [1.165, 1.54) is 13.0 Å². The van der Waals surface area contributed by atoms with Crippen molar-refractivity contribution in [3.8, 4) is 5.75 Å². The van der Waals surface area contributed by atoms with E-state index in [2.05, 4.69) is 5.32 Å². The van der Waals surface area contributed by atoms with E-state index in [1.807, 2.05) is 0 Å². The molecule has 0 aliphatic heterocycles. The lowest BCUT2D eigenvalue weighted by Gasteiger charge is -2.18. The molecule has 0 fully saturated rings. The zero-order valence-electron chi connectivity index (χ0n) is 12.3. The molecule has 1 atom stereocenters. The number of esters is 1. The number of carbonyl (C=O) groups excluding carboxylic acids is 2. The molecule has 0 aromatic heterocycles. The van der Waals surface area contributed by atoms with E-state index >= 15 is 0 Å². The molecule has 23 heavy (non-hydrogen) atoms. The molecule has 120 valence electrons. The summed E-state index contributed by atoms with van der Waals surface area (Å²) in [5, 5.41) is 22.7. The average Bonchev–Trinajstić information content (AvgIpc) is 2.53. The predicted octanol–water partition coefficient (Wildman–Crippen LogP) is 1.54. The van der Waals surface area contributed by atoms with Gasteiger partial charge < -0.3 is 20.3 Å². The summed E-state index contributed by atoms with van der Waals surface area (Å²) in [6.45, 7) is 1.53. The van der Waals surface area contributed by atoms with Crippen LogP contribution in [-0.4, -0.2) is 40.6 Å². The normalized spacial score (nSPS) is 11.7. The van der Waals surface area contributed by atoms with Crippen LogP contribution in [0.5, 0.6) is 5.75 Å². The Hall–Kier alpha value is -3.09. The van der Waals surface area contributed by atoms with Crippen molar-refractivity contribution >= 4 is 34.2 Å².